The first-order valence-electron chi connectivity index (χ1n) is 7.93. The highest BCUT2D eigenvalue weighted by atomic mass is 32.1. The van der Waals surface area contributed by atoms with Gasteiger partial charge in [-0.3, -0.25) is 9.80 Å². The fraction of sp³-hybridized carbons (Fsp3) is 0.667. The minimum atomic E-state index is 0.515. The van der Waals surface area contributed by atoms with Gasteiger partial charge in [0.2, 0.25) is 5.89 Å². The van der Waals surface area contributed by atoms with E-state index in [0.29, 0.717) is 17.8 Å². The Kier molecular flexibility index (Phi) is 5.24. The molecule has 0 N–H and O–H groups in total. The Labute approximate surface area is 140 Å². The Balaban J connectivity index is 1.49. The third kappa shape index (κ3) is 4.27. The molecule has 3 rings (SSSR count). The Morgan fingerprint density at radius 3 is 3.09 bits per heavy atom. The summed E-state index contributed by atoms with van der Waals surface area (Å²) in [5, 5.41) is 9.93. The van der Waals surface area contributed by atoms with Gasteiger partial charge in [0.1, 0.15) is 10.8 Å². The molecule has 1 fully saturated rings. The van der Waals surface area contributed by atoms with Crippen LogP contribution >= 0.6 is 11.3 Å². The van der Waals surface area contributed by atoms with Crippen molar-refractivity contribution in [2.24, 2.45) is 0 Å². The van der Waals surface area contributed by atoms with Gasteiger partial charge in [-0.15, -0.1) is 10.2 Å². The number of rotatable bonds is 7. The second kappa shape index (κ2) is 7.37. The molecule has 0 spiro atoms. The molecule has 1 aliphatic rings. The highest BCUT2D eigenvalue weighted by molar-refractivity contribution is 7.13. The second-order valence-corrected chi connectivity index (χ2v) is 6.88. The standard InChI is InChI=1S/C15H23N5O2S/c1-4-21-15-18-17-14(23-15)10-20-6-5-12(8-20)19(3)9-13-16-7-11(2)22-13/h7,12H,4-6,8-10H2,1-3H3/t12-/m1/s1. The molecule has 0 aliphatic carbocycles. The van der Waals surface area contributed by atoms with Crippen molar-refractivity contribution in [2.75, 3.05) is 26.7 Å². The van der Waals surface area contributed by atoms with Gasteiger partial charge >= 0.3 is 0 Å². The van der Waals surface area contributed by atoms with E-state index in [-0.39, 0.29) is 0 Å². The summed E-state index contributed by atoms with van der Waals surface area (Å²) in [4.78, 5) is 9.01. The molecule has 2 aromatic rings. The minimum Gasteiger partial charge on any atom is -0.469 e. The smallest absolute Gasteiger partial charge is 0.294 e. The van der Waals surface area contributed by atoms with Crippen molar-refractivity contribution in [3.05, 3.63) is 22.9 Å². The first-order chi connectivity index (χ1) is 11.1. The van der Waals surface area contributed by atoms with Gasteiger partial charge < -0.3 is 9.15 Å². The lowest BCUT2D eigenvalue weighted by molar-refractivity contribution is 0.204. The number of likely N-dealkylation sites (N-methyl/N-ethyl adjacent to an activating group) is 1. The Hall–Kier alpha value is -1.51. The molecule has 0 saturated carbocycles. The van der Waals surface area contributed by atoms with Crippen molar-refractivity contribution in [2.45, 2.75) is 39.4 Å². The van der Waals surface area contributed by atoms with E-state index < -0.39 is 0 Å². The van der Waals surface area contributed by atoms with Crippen LogP contribution in [0, 0.1) is 6.92 Å². The van der Waals surface area contributed by atoms with E-state index in [0.717, 1.165) is 49.3 Å². The van der Waals surface area contributed by atoms with Crippen LogP contribution in [0.15, 0.2) is 10.6 Å². The number of oxazole rings is 1. The number of hydrogen-bond donors (Lipinski definition) is 0. The quantitative estimate of drug-likeness (QED) is 0.765. The van der Waals surface area contributed by atoms with Crippen molar-refractivity contribution in [3.63, 3.8) is 0 Å². The van der Waals surface area contributed by atoms with Crippen molar-refractivity contribution >= 4 is 11.3 Å². The number of aromatic nitrogens is 3. The van der Waals surface area contributed by atoms with E-state index in [2.05, 4.69) is 32.0 Å². The number of nitrogens with zero attached hydrogens (tertiary/aromatic N) is 5. The minimum absolute atomic E-state index is 0.515. The molecule has 0 radical (unpaired) electrons. The molecule has 8 heteroatoms. The lowest BCUT2D eigenvalue weighted by Gasteiger charge is -2.23. The van der Waals surface area contributed by atoms with Gasteiger partial charge in [0.05, 0.1) is 25.9 Å². The number of hydrogen-bond acceptors (Lipinski definition) is 8. The van der Waals surface area contributed by atoms with Gasteiger partial charge in [-0.2, -0.15) is 0 Å². The summed E-state index contributed by atoms with van der Waals surface area (Å²) in [6.07, 6.45) is 2.92. The molecule has 0 bridgehead atoms. The van der Waals surface area contributed by atoms with Gasteiger partial charge in [0, 0.05) is 19.1 Å². The fourth-order valence-electron chi connectivity index (χ4n) is 2.81. The van der Waals surface area contributed by atoms with E-state index in [1.165, 1.54) is 11.3 Å². The summed E-state index contributed by atoms with van der Waals surface area (Å²) in [6, 6.07) is 0.515. The summed E-state index contributed by atoms with van der Waals surface area (Å²) in [7, 11) is 2.13. The van der Waals surface area contributed by atoms with Crippen molar-refractivity contribution in [1.82, 2.24) is 25.0 Å². The van der Waals surface area contributed by atoms with Crippen molar-refractivity contribution < 1.29 is 9.15 Å². The lowest BCUT2D eigenvalue weighted by Crippen LogP contribution is -2.34. The number of aryl methyl sites for hydroxylation is 1. The predicted molar refractivity (Wildman–Crippen MR) is 87.5 cm³/mol. The molecule has 2 aromatic heterocycles. The first-order valence-corrected chi connectivity index (χ1v) is 8.74. The summed E-state index contributed by atoms with van der Waals surface area (Å²) in [5.74, 6) is 1.65. The van der Waals surface area contributed by atoms with Crippen LogP contribution in [0.2, 0.25) is 0 Å². The molecular weight excluding hydrogens is 314 g/mol. The average molecular weight is 337 g/mol. The zero-order chi connectivity index (χ0) is 16.2. The topological polar surface area (TPSA) is 67.5 Å². The first kappa shape index (κ1) is 16.4. The molecule has 3 heterocycles. The van der Waals surface area contributed by atoms with Gasteiger partial charge in [-0.25, -0.2) is 4.98 Å². The molecule has 23 heavy (non-hydrogen) atoms. The van der Waals surface area contributed by atoms with Crippen LogP contribution in [0.3, 0.4) is 0 Å². The molecule has 126 valence electrons. The highest BCUT2D eigenvalue weighted by Crippen LogP contribution is 2.23. The molecule has 1 aliphatic heterocycles. The Morgan fingerprint density at radius 2 is 2.35 bits per heavy atom. The van der Waals surface area contributed by atoms with E-state index in [1.807, 2.05) is 13.8 Å². The summed E-state index contributed by atoms with van der Waals surface area (Å²) in [6.45, 7) is 8.20. The zero-order valence-corrected chi connectivity index (χ0v) is 14.7. The average Bonchev–Trinajstić information content (AvgIpc) is 3.23. The fourth-order valence-corrected chi connectivity index (χ4v) is 3.60. The maximum absolute atomic E-state index is 5.57. The van der Waals surface area contributed by atoms with Crippen molar-refractivity contribution in [1.29, 1.82) is 0 Å². The molecule has 1 atom stereocenters. The Bertz CT molecular complexity index is 629. The third-order valence-corrected chi connectivity index (χ3v) is 4.82. The maximum atomic E-state index is 5.57. The molecule has 7 nitrogen and oxygen atoms in total. The van der Waals surface area contributed by atoms with Crippen LogP contribution in [0.1, 0.15) is 30.0 Å². The maximum Gasteiger partial charge on any atom is 0.294 e. The van der Waals surface area contributed by atoms with Crippen LogP contribution < -0.4 is 4.74 Å². The molecule has 1 saturated heterocycles. The number of likely N-dealkylation sites (tertiary alicyclic amines) is 1. The van der Waals surface area contributed by atoms with Crippen LogP contribution in [0.25, 0.3) is 0 Å². The van der Waals surface area contributed by atoms with Gasteiger partial charge in [-0.05, 0) is 27.3 Å². The predicted octanol–water partition coefficient (Wildman–Crippen LogP) is 1.94. The monoisotopic (exact) mass is 337 g/mol. The molecule has 0 aromatic carbocycles. The lowest BCUT2D eigenvalue weighted by atomic mass is 10.2. The van der Waals surface area contributed by atoms with Crippen LogP contribution in [0.4, 0.5) is 0 Å². The SMILES string of the molecule is CCOc1nnc(CN2CC[C@@H](N(C)Cc3ncc(C)o3)C2)s1. The summed E-state index contributed by atoms with van der Waals surface area (Å²) >= 11 is 1.53. The van der Waals surface area contributed by atoms with Crippen molar-refractivity contribution in [3.8, 4) is 5.19 Å². The Morgan fingerprint density at radius 1 is 1.48 bits per heavy atom. The van der Waals surface area contributed by atoms with E-state index in [1.54, 1.807) is 6.20 Å². The largest absolute Gasteiger partial charge is 0.469 e. The second-order valence-electron chi connectivity index (χ2n) is 5.85. The normalized spacial score (nSPS) is 18.9. The highest BCUT2D eigenvalue weighted by Gasteiger charge is 2.27. The van der Waals surface area contributed by atoms with Gasteiger partial charge in [0.25, 0.3) is 5.19 Å². The van der Waals surface area contributed by atoms with Gasteiger partial charge in [0.15, 0.2) is 0 Å². The van der Waals surface area contributed by atoms with E-state index in [9.17, 15) is 0 Å². The summed E-state index contributed by atoms with van der Waals surface area (Å²) in [5.41, 5.74) is 0. The van der Waals surface area contributed by atoms with Gasteiger partial charge in [-0.1, -0.05) is 11.3 Å². The molecule has 0 unspecified atom stereocenters. The number of ether oxygens (including phenoxy) is 1. The zero-order valence-electron chi connectivity index (χ0n) is 13.9. The van der Waals surface area contributed by atoms with Crippen LogP contribution in [0.5, 0.6) is 5.19 Å². The molecular formula is C15H23N5O2S. The van der Waals surface area contributed by atoms with E-state index in [4.69, 9.17) is 9.15 Å². The molecule has 0 amide bonds. The van der Waals surface area contributed by atoms with Crippen LogP contribution in [-0.2, 0) is 13.1 Å². The van der Waals surface area contributed by atoms with E-state index >= 15 is 0 Å². The van der Waals surface area contributed by atoms with Crippen LogP contribution in [-0.4, -0.2) is 57.8 Å². The summed E-state index contributed by atoms with van der Waals surface area (Å²) < 4.78 is 10.9. The third-order valence-electron chi connectivity index (χ3n) is 4.00.